The summed E-state index contributed by atoms with van der Waals surface area (Å²) in [4.78, 5) is 26.0. The van der Waals surface area contributed by atoms with Gasteiger partial charge in [0.25, 0.3) is 0 Å². The van der Waals surface area contributed by atoms with E-state index in [1.54, 1.807) is 0 Å². The molecule has 0 aromatic heterocycles. The van der Waals surface area contributed by atoms with Crippen LogP contribution in [0, 0.1) is 40.4 Å². The van der Waals surface area contributed by atoms with E-state index in [0.717, 1.165) is 32.1 Å². The minimum Gasteiger partial charge on any atom is -0.466 e. The molecule has 7 nitrogen and oxygen atoms in total. The van der Waals surface area contributed by atoms with Crippen LogP contribution >= 0.6 is 34.8 Å². The van der Waals surface area contributed by atoms with Gasteiger partial charge in [0.05, 0.1) is 24.7 Å². The van der Waals surface area contributed by atoms with Crippen LogP contribution in [0.3, 0.4) is 0 Å². The lowest BCUT2D eigenvalue weighted by Crippen LogP contribution is -2.64. The van der Waals surface area contributed by atoms with Gasteiger partial charge in [0.1, 0.15) is 6.61 Å². The van der Waals surface area contributed by atoms with E-state index in [9.17, 15) is 14.7 Å². The van der Waals surface area contributed by atoms with Crippen molar-refractivity contribution >= 4 is 46.9 Å². The number of rotatable bonds is 6. The zero-order chi connectivity index (χ0) is 27.2. The third-order valence-corrected chi connectivity index (χ3v) is 10.6. The summed E-state index contributed by atoms with van der Waals surface area (Å²) in [5.74, 6) is 0.831. The maximum absolute atomic E-state index is 13.0. The van der Waals surface area contributed by atoms with Crippen LogP contribution in [-0.4, -0.2) is 59.0 Å². The summed E-state index contributed by atoms with van der Waals surface area (Å²) >= 11 is 17.5. The summed E-state index contributed by atoms with van der Waals surface area (Å²) in [7, 11) is 0. The van der Waals surface area contributed by atoms with E-state index in [0.29, 0.717) is 43.8 Å². The van der Waals surface area contributed by atoms with Gasteiger partial charge in [0.15, 0.2) is 0 Å². The van der Waals surface area contributed by atoms with E-state index in [1.807, 2.05) is 13.8 Å². The van der Waals surface area contributed by atoms with Crippen molar-refractivity contribution in [2.75, 3.05) is 19.8 Å². The Kier molecular flexibility index (Phi) is 8.92. The third-order valence-electron chi connectivity index (χ3n) is 10.2. The standard InChI is InChI=1S/C27H42Cl3NO6/c1-5-35-21-13-25(3)15(11-20(21)32)7-8-16-17-9-10-18(23(33)36-6-2)26(17,4)12-19(22(16)25)31-24(34)37-14-27(28,29)30/h15-22,32H,5-14H2,1-4H3,(H,31,34)/t15-,16-,17-,18+,19+,20-,21-,22+,25-,26-/m0/s1. The molecule has 0 heterocycles. The number of amides is 1. The monoisotopic (exact) mass is 581 g/mol. The molecule has 4 saturated carbocycles. The smallest absolute Gasteiger partial charge is 0.407 e. The topological polar surface area (TPSA) is 94.1 Å². The lowest BCUT2D eigenvalue weighted by atomic mass is 9.43. The maximum Gasteiger partial charge on any atom is 0.407 e. The molecular weight excluding hydrogens is 541 g/mol. The number of fused-ring (bicyclic) bond motifs is 5. The predicted octanol–water partition coefficient (Wildman–Crippen LogP) is 5.66. The second-order valence-corrected chi connectivity index (χ2v) is 14.6. The van der Waals surface area contributed by atoms with Crippen molar-refractivity contribution in [3.05, 3.63) is 0 Å². The Morgan fingerprint density at radius 2 is 1.73 bits per heavy atom. The average molecular weight is 583 g/mol. The highest BCUT2D eigenvalue weighted by Gasteiger charge is 2.65. The number of carbonyl (C=O) groups is 2. The number of aliphatic hydroxyl groups is 1. The van der Waals surface area contributed by atoms with E-state index in [-0.39, 0.29) is 47.4 Å². The highest BCUT2D eigenvalue weighted by atomic mass is 35.6. The quantitative estimate of drug-likeness (QED) is 0.310. The molecule has 0 saturated heterocycles. The number of hydrogen-bond donors (Lipinski definition) is 2. The molecule has 212 valence electrons. The fourth-order valence-corrected chi connectivity index (χ4v) is 9.10. The van der Waals surface area contributed by atoms with Crippen molar-refractivity contribution in [3.63, 3.8) is 0 Å². The normalized spacial score (nSPS) is 43.2. The number of aliphatic hydroxyl groups excluding tert-OH is 1. The van der Waals surface area contributed by atoms with Gasteiger partial charge in [-0.25, -0.2) is 4.79 Å². The number of halogens is 3. The van der Waals surface area contributed by atoms with Gasteiger partial charge in [-0.2, -0.15) is 0 Å². The van der Waals surface area contributed by atoms with Crippen LogP contribution in [0.15, 0.2) is 0 Å². The van der Waals surface area contributed by atoms with Gasteiger partial charge in [-0.15, -0.1) is 0 Å². The average Bonchev–Trinajstić information content (AvgIpc) is 3.15. The minimum atomic E-state index is -1.70. The molecule has 0 spiro atoms. The van der Waals surface area contributed by atoms with Crippen LogP contribution in [0.4, 0.5) is 4.79 Å². The lowest BCUT2D eigenvalue weighted by molar-refractivity contribution is -0.182. The fraction of sp³-hybridized carbons (Fsp3) is 0.926. The van der Waals surface area contributed by atoms with E-state index < -0.39 is 16.0 Å². The number of esters is 1. The van der Waals surface area contributed by atoms with Crippen molar-refractivity contribution in [1.29, 1.82) is 0 Å². The molecule has 10 atom stereocenters. The Balaban J connectivity index is 1.67. The van der Waals surface area contributed by atoms with Crippen LogP contribution in [-0.2, 0) is 19.0 Å². The first kappa shape index (κ1) is 29.5. The van der Waals surface area contributed by atoms with Crippen molar-refractivity contribution in [2.45, 2.75) is 94.7 Å². The molecule has 0 bridgehead atoms. The molecule has 1 amide bonds. The molecule has 37 heavy (non-hydrogen) atoms. The van der Waals surface area contributed by atoms with E-state index in [1.165, 1.54) is 0 Å². The molecule has 10 heteroatoms. The molecule has 2 N–H and O–H groups in total. The van der Waals surface area contributed by atoms with Crippen LogP contribution in [0.2, 0.25) is 0 Å². The minimum absolute atomic E-state index is 0.138. The van der Waals surface area contributed by atoms with Crippen molar-refractivity contribution in [1.82, 2.24) is 5.32 Å². The highest BCUT2D eigenvalue weighted by Crippen LogP contribution is 2.67. The molecule has 0 unspecified atom stereocenters. The van der Waals surface area contributed by atoms with Gasteiger partial charge >= 0.3 is 12.1 Å². The Bertz CT molecular complexity index is 854. The highest BCUT2D eigenvalue weighted by molar-refractivity contribution is 6.67. The van der Waals surface area contributed by atoms with Gasteiger partial charge in [-0.1, -0.05) is 48.7 Å². The van der Waals surface area contributed by atoms with E-state index in [2.05, 4.69) is 19.2 Å². The SMILES string of the molecule is CCOC(=O)[C@H]1CC[C@H]2[C@@H]3CC[C@H]4C[C@H](O)[C@@H](OCC)C[C@]4(C)[C@H]3[C@H](NC(=O)OCC(Cl)(Cl)Cl)C[C@]12C. The van der Waals surface area contributed by atoms with Gasteiger partial charge in [0.2, 0.25) is 3.79 Å². The van der Waals surface area contributed by atoms with Gasteiger partial charge in [-0.3, -0.25) is 4.79 Å². The molecule has 4 aliphatic carbocycles. The molecule has 0 radical (unpaired) electrons. The Morgan fingerprint density at radius 1 is 1.00 bits per heavy atom. The first-order valence-electron chi connectivity index (χ1n) is 13.8. The summed E-state index contributed by atoms with van der Waals surface area (Å²) in [5, 5.41) is 14.0. The van der Waals surface area contributed by atoms with Crippen LogP contribution in [0.25, 0.3) is 0 Å². The first-order chi connectivity index (χ1) is 17.3. The molecule has 4 aliphatic rings. The van der Waals surface area contributed by atoms with Gasteiger partial charge < -0.3 is 24.6 Å². The summed E-state index contributed by atoms with van der Waals surface area (Å²) in [6.07, 6.45) is 4.55. The lowest BCUT2D eigenvalue weighted by Gasteiger charge is -2.63. The molecule has 4 fully saturated rings. The molecule has 0 aromatic rings. The second kappa shape index (κ2) is 11.2. The zero-order valence-electron chi connectivity index (χ0n) is 22.3. The van der Waals surface area contributed by atoms with Gasteiger partial charge in [-0.05, 0) is 93.3 Å². The molecular formula is C27H42Cl3NO6. The maximum atomic E-state index is 13.0. The summed E-state index contributed by atoms with van der Waals surface area (Å²) in [6, 6.07) is -0.227. The molecule has 0 aromatic carbocycles. The third kappa shape index (κ3) is 5.73. The van der Waals surface area contributed by atoms with Gasteiger partial charge in [0, 0.05) is 12.6 Å². The number of ether oxygens (including phenoxy) is 3. The summed E-state index contributed by atoms with van der Waals surface area (Å²) in [5.41, 5.74) is -0.435. The first-order valence-corrected chi connectivity index (χ1v) is 14.9. The fourth-order valence-electron chi connectivity index (χ4n) is 8.93. The number of alkyl halides is 3. The van der Waals surface area contributed by atoms with Crippen molar-refractivity contribution in [3.8, 4) is 0 Å². The number of nitrogens with one attached hydrogen (secondary N) is 1. The largest absolute Gasteiger partial charge is 0.466 e. The second-order valence-electron chi connectivity index (χ2n) is 12.1. The Labute approximate surface area is 235 Å². The summed E-state index contributed by atoms with van der Waals surface area (Å²) in [6.45, 7) is 8.85. The van der Waals surface area contributed by atoms with Crippen LogP contribution < -0.4 is 5.32 Å². The molecule has 0 aliphatic heterocycles. The number of hydrogen-bond acceptors (Lipinski definition) is 6. The predicted molar refractivity (Wildman–Crippen MR) is 143 cm³/mol. The zero-order valence-corrected chi connectivity index (χ0v) is 24.6. The molecule has 4 rings (SSSR count). The van der Waals surface area contributed by atoms with Crippen molar-refractivity contribution in [2.24, 2.45) is 40.4 Å². The number of carbonyl (C=O) groups excluding carboxylic acids is 2. The Hall–Kier alpha value is -0.470. The van der Waals surface area contributed by atoms with E-state index >= 15 is 0 Å². The Morgan fingerprint density at radius 3 is 2.38 bits per heavy atom. The van der Waals surface area contributed by atoms with Crippen LogP contribution in [0.5, 0.6) is 0 Å². The summed E-state index contributed by atoms with van der Waals surface area (Å²) < 4.78 is 15.1. The van der Waals surface area contributed by atoms with Crippen LogP contribution in [0.1, 0.15) is 72.6 Å². The van der Waals surface area contributed by atoms with Crippen molar-refractivity contribution < 1.29 is 28.9 Å². The number of alkyl carbamates (subject to hydrolysis) is 1. The van der Waals surface area contributed by atoms with E-state index in [4.69, 9.17) is 49.0 Å².